The van der Waals surface area contributed by atoms with Crippen LogP contribution in [0.25, 0.3) is 11.0 Å². The monoisotopic (exact) mass is 424 g/mol. The Morgan fingerprint density at radius 1 is 1.20 bits per heavy atom. The second-order valence-electron chi connectivity index (χ2n) is 7.29. The van der Waals surface area contributed by atoms with Crippen molar-refractivity contribution in [1.82, 2.24) is 24.3 Å². The van der Waals surface area contributed by atoms with Crippen LogP contribution in [0.4, 0.5) is 4.79 Å². The van der Waals surface area contributed by atoms with E-state index in [1.807, 2.05) is 30.3 Å². The molecule has 1 amide bonds. The fourth-order valence-corrected chi connectivity index (χ4v) is 3.87. The molecule has 0 atom stereocenters. The molecule has 0 unspecified atom stereocenters. The summed E-state index contributed by atoms with van der Waals surface area (Å²) in [7, 11) is 0. The molecule has 1 saturated heterocycles. The van der Waals surface area contributed by atoms with Crippen LogP contribution in [0.1, 0.15) is 17.1 Å². The minimum absolute atomic E-state index is 0.148. The molecule has 8 nitrogen and oxygen atoms in total. The van der Waals surface area contributed by atoms with Gasteiger partial charge in [-0.05, 0) is 30.2 Å². The number of carboxylic acid groups (broad SMARTS) is 1. The van der Waals surface area contributed by atoms with Crippen molar-refractivity contribution in [3.63, 3.8) is 0 Å². The zero-order chi connectivity index (χ0) is 21.1. The number of amides is 1. The van der Waals surface area contributed by atoms with Crippen LogP contribution in [-0.4, -0.2) is 61.7 Å². The Hall–Kier alpha value is -3.15. The average molecular weight is 425 g/mol. The molecule has 3 heterocycles. The normalized spacial score (nSPS) is 14.7. The largest absolute Gasteiger partial charge is 0.465 e. The lowest BCUT2D eigenvalue weighted by molar-refractivity contribution is 0.102. The van der Waals surface area contributed by atoms with Gasteiger partial charge in [0.25, 0.3) is 0 Å². The minimum Gasteiger partial charge on any atom is -0.465 e. The predicted molar refractivity (Wildman–Crippen MR) is 112 cm³/mol. The van der Waals surface area contributed by atoms with Gasteiger partial charge in [0.05, 0.1) is 0 Å². The summed E-state index contributed by atoms with van der Waals surface area (Å²) < 4.78 is 2.13. The first-order chi connectivity index (χ1) is 14.5. The molecule has 1 aliphatic rings. The molecule has 30 heavy (non-hydrogen) atoms. The molecule has 3 aromatic rings. The van der Waals surface area contributed by atoms with Crippen LogP contribution in [0.2, 0.25) is 5.02 Å². The van der Waals surface area contributed by atoms with Crippen LogP contribution in [0, 0.1) is 11.3 Å². The van der Waals surface area contributed by atoms with Gasteiger partial charge in [-0.15, -0.1) is 0 Å². The smallest absolute Gasteiger partial charge is 0.407 e. The maximum absolute atomic E-state index is 11.1. The molecule has 1 fully saturated rings. The van der Waals surface area contributed by atoms with Gasteiger partial charge in [-0.25, -0.2) is 14.8 Å². The van der Waals surface area contributed by atoms with Crippen molar-refractivity contribution in [3.05, 3.63) is 58.6 Å². The van der Waals surface area contributed by atoms with Crippen molar-refractivity contribution < 1.29 is 9.90 Å². The number of nitrogens with zero attached hydrogens (tertiary/aromatic N) is 6. The number of aryl methyl sites for hydroxylation is 2. The third-order valence-electron chi connectivity index (χ3n) is 5.39. The minimum atomic E-state index is -0.869. The van der Waals surface area contributed by atoms with E-state index in [1.165, 1.54) is 4.90 Å². The van der Waals surface area contributed by atoms with Crippen LogP contribution in [0.3, 0.4) is 0 Å². The van der Waals surface area contributed by atoms with Crippen molar-refractivity contribution in [1.29, 1.82) is 5.26 Å². The highest BCUT2D eigenvalue weighted by Gasteiger charge is 2.22. The van der Waals surface area contributed by atoms with Gasteiger partial charge in [-0.2, -0.15) is 5.26 Å². The van der Waals surface area contributed by atoms with Gasteiger partial charge in [0, 0.05) is 61.6 Å². The molecule has 2 aromatic heterocycles. The Labute approximate surface area is 178 Å². The van der Waals surface area contributed by atoms with Crippen LogP contribution in [-0.2, 0) is 19.5 Å². The first kappa shape index (κ1) is 20.1. The Balaban J connectivity index is 1.58. The van der Waals surface area contributed by atoms with Gasteiger partial charge in [-0.1, -0.05) is 23.7 Å². The van der Waals surface area contributed by atoms with Crippen molar-refractivity contribution in [2.24, 2.45) is 0 Å². The highest BCUT2D eigenvalue weighted by atomic mass is 35.5. The van der Waals surface area contributed by atoms with E-state index >= 15 is 0 Å². The number of carbonyl (C=O) groups is 1. The summed E-state index contributed by atoms with van der Waals surface area (Å²) in [4.78, 5) is 23.4. The van der Waals surface area contributed by atoms with Gasteiger partial charge in [0.15, 0.2) is 0 Å². The van der Waals surface area contributed by atoms with Gasteiger partial charge in [0.2, 0.25) is 5.82 Å². The standard InChI is InChI=1S/C21H21ClN6O2/c22-17-3-1-15(2-4-17)5-6-28-18(11-16-13-24-19(12-23)25-20(16)28)14-26-7-9-27(10-8-26)21(29)30/h1-4,11,13H,5-10,14H2,(H,29,30). The number of halogens is 1. The first-order valence-corrected chi connectivity index (χ1v) is 10.1. The number of benzene rings is 1. The molecule has 0 spiro atoms. The summed E-state index contributed by atoms with van der Waals surface area (Å²) in [6.45, 7) is 3.75. The van der Waals surface area contributed by atoms with E-state index < -0.39 is 6.09 Å². The van der Waals surface area contributed by atoms with E-state index in [9.17, 15) is 10.1 Å². The molecule has 0 saturated carbocycles. The van der Waals surface area contributed by atoms with Crippen molar-refractivity contribution in [2.75, 3.05) is 26.2 Å². The number of piperazine rings is 1. The van der Waals surface area contributed by atoms with Gasteiger partial charge < -0.3 is 14.6 Å². The Morgan fingerprint density at radius 2 is 1.93 bits per heavy atom. The SMILES string of the molecule is N#Cc1ncc2cc(CN3CCN(C(=O)O)CC3)n(CCc3ccc(Cl)cc3)c2n1. The summed E-state index contributed by atoms with van der Waals surface area (Å²) in [5.41, 5.74) is 2.98. The van der Waals surface area contributed by atoms with E-state index in [0.717, 1.165) is 28.7 Å². The maximum atomic E-state index is 11.1. The van der Waals surface area contributed by atoms with E-state index in [0.29, 0.717) is 44.3 Å². The lowest BCUT2D eigenvalue weighted by atomic mass is 10.1. The number of fused-ring (bicyclic) bond motifs is 1. The fourth-order valence-electron chi connectivity index (χ4n) is 3.75. The maximum Gasteiger partial charge on any atom is 0.407 e. The van der Waals surface area contributed by atoms with Gasteiger partial charge in [-0.3, -0.25) is 4.90 Å². The zero-order valence-corrected chi connectivity index (χ0v) is 17.1. The molecule has 1 N–H and O–H groups in total. The Bertz CT molecular complexity index is 1100. The van der Waals surface area contributed by atoms with Gasteiger partial charge >= 0.3 is 6.09 Å². The molecule has 154 valence electrons. The van der Waals surface area contributed by atoms with Gasteiger partial charge in [0.1, 0.15) is 11.7 Å². The molecule has 9 heteroatoms. The third-order valence-corrected chi connectivity index (χ3v) is 5.64. The highest BCUT2D eigenvalue weighted by Crippen LogP contribution is 2.21. The zero-order valence-electron chi connectivity index (χ0n) is 16.3. The van der Waals surface area contributed by atoms with Crippen molar-refractivity contribution >= 4 is 28.7 Å². The summed E-state index contributed by atoms with van der Waals surface area (Å²) in [5, 5.41) is 20.0. The third kappa shape index (κ3) is 4.37. The molecular formula is C21H21ClN6O2. The molecule has 1 aliphatic heterocycles. The number of nitriles is 1. The topological polar surface area (TPSA) is 98.3 Å². The average Bonchev–Trinajstić information content (AvgIpc) is 3.09. The van der Waals surface area contributed by atoms with Crippen LogP contribution in [0.15, 0.2) is 36.5 Å². The van der Waals surface area contributed by atoms with E-state index in [-0.39, 0.29) is 5.82 Å². The molecular weight excluding hydrogens is 404 g/mol. The fraction of sp³-hybridized carbons (Fsp3) is 0.333. The number of rotatable bonds is 5. The van der Waals surface area contributed by atoms with Crippen molar-refractivity contribution in [3.8, 4) is 6.07 Å². The number of hydrogen-bond donors (Lipinski definition) is 1. The molecule has 4 rings (SSSR count). The second-order valence-corrected chi connectivity index (χ2v) is 7.73. The molecule has 1 aromatic carbocycles. The van der Waals surface area contributed by atoms with E-state index in [1.54, 1.807) is 6.20 Å². The number of aromatic nitrogens is 3. The van der Waals surface area contributed by atoms with Crippen LogP contribution in [0.5, 0.6) is 0 Å². The lowest BCUT2D eigenvalue weighted by Crippen LogP contribution is -2.47. The Kier molecular flexibility index (Phi) is 5.84. The van der Waals surface area contributed by atoms with Crippen LogP contribution < -0.4 is 0 Å². The predicted octanol–water partition coefficient (Wildman–Crippen LogP) is 2.99. The summed E-state index contributed by atoms with van der Waals surface area (Å²) in [6, 6.07) is 11.8. The quantitative estimate of drug-likeness (QED) is 0.676. The summed E-state index contributed by atoms with van der Waals surface area (Å²) in [5.74, 6) is 0.148. The van der Waals surface area contributed by atoms with E-state index in [2.05, 4.69) is 25.5 Å². The lowest BCUT2D eigenvalue weighted by Gasteiger charge is -2.33. The second kappa shape index (κ2) is 8.69. The Morgan fingerprint density at radius 3 is 2.60 bits per heavy atom. The highest BCUT2D eigenvalue weighted by molar-refractivity contribution is 6.30. The molecule has 0 radical (unpaired) electrons. The summed E-state index contributed by atoms with van der Waals surface area (Å²) in [6.07, 6.45) is 1.61. The molecule has 0 bridgehead atoms. The first-order valence-electron chi connectivity index (χ1n) is 9.73. The number of hydrogen-bond acceptors (Lipinski definition) is 5. The van der Waals surface area contributed by atoms with Crippen molar-refractivity contribution in [2.45, 2.75) is 19.5 Å². The van der Waals surface area contributed by atoms with Crippen LogP contribution >= 0.6 is 11.6 Å². The molecule has 0 aliphatic carbocycles. The summed E-state index contributed by atoms with van der Waals surface area (Å²) >= 11 is 5.99. The van der Waals surface area contributed by atoms with E-state index in [4.69, 9.17) is 16.7 Å².